The zero-order valence-corrected chi connectivity index (χ0v) is 10.9. The van der Waals surface area contributed by atoms with Crippen LogP contribution in [0.3, 0.4) is 0 Å². The molecule has 2 N–H and O–H groups in total. The smallest absolute Gasteiger partial charge is 0.0374 e. The normalized spacial score (nSPS) is 21.9. The lowest BCUT2D eigenvalue weighted by molar-refractivity contribution is 0.384. The molecular formula is C15H22N2. The van der Waals surface area contributed by atoms with Crippen LogP contribution in [0.15, 0.2) is 12.1 Å². The third-order valence-electron chi connectivity index (χ3n) is 4.72. The van der Waals surface area contributed by atoms with Crippen LogP contribution in [-0.4, -0.2) is 13.1 Å². The van der Waals surface area contributed by atoms with Gasteiger partial charge in [-0.25, -0.2) is 0 Å². The lowest BCUT2D eigenvalue weighted by atomic mass is 9.93. The van der Waals surface area contributed by atoms with Crippen LogP contribution in [-0.2, 0) is 0 Å². The maximum atomic E-state index is 6.01. The van der Waals surface area contributed by atoms with Crippen molar-refractivity contribution in [3.8, 4) is 0 Å². The predicted octanol–water partition coefficient (Wildman–Crippen LogP) is 3.27. The fraction of sp³-hybridized carbons (Fsp3) is 0.600. The molecule has 1 spiro atoms. The molecule has 1 aliphatic heterocycles. The predicted molar refractivity (Wildman–Crippen MR) is 73.4 cm³/mol. The number of hydrogen-bond donors (Lipinski definition) is 1. The van der Waals surface area contributed by atoms with E-state index in [0.29, 0.717) is 0 Å². The molecule has 1 heterocycles. The van der Waals surface area contributed by atoms with Gasteiger partial charge < -0.3 is 10.6 Å². The third-order valence-corrected chi connectivity index (χ3v) is 4.72. The standard InChI is InChI=1S/C15H22N2/c1-11-9-13(10-12(2)14(11)16)17-7-5-15(3-4-15)6-8-17/h9-10H,3-8,16H2,1-2H3. The van der Waals surface area contributed by atoms with Crippen molar-refractivity contribution in [1.29, 1.82) is 0 Å². The minimum Gasteiger partial charge on any atom is -0.398 e. The first-order valence-corrected chi connectivity index (χ1v) is 6.71. The van der Waals surface area contributed by atoms with E-state index in [0.717, 1.165) is 11.1 Å². The van der Waals surface area contributed by atoms with E-state index < -0.39 is 0 Å². The van der Waals surface area contributed by atoms with E-state index in [1.54, 1.807) is 0 Å². The Morgan fingerprint density at radius 1 is 1.00 bits per heavy atom. The summed E-state index contributed by atoms with van der Waals surface area (Å²) in [4.78, 5) is 2.53. The van der Waals surface area contributed by atoms with E-state index in [1.165, 1.54) is 55.6 Å². The first-order chi connectivity index (χ1) is 8.10. The first-order valence-electron chi connectivity index (χ1n) is 6.71. The molecule has 2 nitrogen and oxygen atoms in total. The number of aryl methyl sites for hydroxylation is 2. The fourth-order valence-corrected chi connectivity index (χ4v) is 3.05. The Morgan fingerprint density at radius 2 is 1.53 bits per heavy atom. The van der Waals surface area contributed by atoms with Crippen LogP contribution < -0.4 is 10.6 Å². The second-order valence-corrected chi connectivity index (χ2v) is 5.98. The summed E-state index contributed by atoms with van der Waals surface area (Å²) in [5.74, 6) is 0. The summed E-state index contributed by atoms with van der Waals surface area (Å²) in [5, 5.41) is 0. The maximum absolute atomic E-state index is 6.01. The van der Waals surface area contributed by atoms with Crippen LogP contribution in [0, 0.1) is 19.3 Å². The number of hydrogen-bond acceptors (Lipinski definition) is 2. The monoisotopic (exact) mass is 230 g/mol. The molecule has 17 heavy (non-hydrogen) atoms. The Hall–Kier alpha value is -1.18. The van der Waals surface area contributed by atoms with E-state index in [4.69, 9.17) is 5.73 Å². The number of rotatable bonds is 1. The topological polar surface area (TPSA) is 29.3 Å². The van der Waals surface area contributed by atoms with Gasteiger partial charge in [0.2, 0.25) is 0 Å². The van der Waals surface area contributed by atoms with Crippen LogP contribution in [0.5, 0.6) is 0 Å². The molecule has 2 aliphatic rings. The fourth-order valence-electron chi connectivity index (χ4n) is 3.05. The molecule has 0 radical (unpaired) electrons. The molecule has 0 amide bonds. The molecule has 1 aliphatic carbocycles. The van der Waals surface area contributed by atoms with E-state index in [9.17, 15) is 0 Å². The summed E-state index contributed by atoms with van der Waals surface area (Å²) < 4.78 is 0. The van der Waals surface area contributed by atoms with Crippen LogP contribution in [0.2, 0.25) is 0 Å². The minimum atomic E-state index is 0.758. The largest absolute Gasteiger partial charge is 0.398 e. The van der Waals surface area contributed by atoms with Crippen molar-refractivity contribution in [2.24, 2.45) is 5.41 Å². The van der Waals surface area contributed by atoms with Crippen molar-refractivity contribution in [3.05, 3.63) is 23.3 Å². The van der Waals surface area contributed by atoms with Crippen LogP contribution in [0.4, 0.5) is 11.4 Å². The van der Waals surface area contributed by atoms with Crippen molar-refractivity contribution in [1.82, 2.24) is 0 Å². The van der Waals surface area contributed by atoms with E-state index in [-0.39, 0.29) is 0 Å². The zero-order valence-electron chi connectivity index (χ0n) is 10.9. The van der Waals surface area contributed by atoms with E-state index in [1.807, 2.05) is 0 Å². The lowest BCUT2D eigenvalue weighted by Crippen LogP contribution is -2.34. The van der Waals surface area contributed by atoms with Crippen molar-refractivity contribution in [3.63, 3.8) is 0 Å². The van der Waals surface area contributed by atoms with Gasteiger partial charge in [0.1, 0.15) is 0 Å². The Balaban J connectivity index is 1.80. The molecule has 92 valence electrons. The van der Waals surface area contributed by atoms with Crippen molar-refractivity contribution in [2.45, 2.75) is 39.5 Å². The molecular weight excluding hydrogens is 208 g/mol. The summed E-state index contributed by atoms with van der Waals surface area (Å²) >= 11 is 0. The first kappa shape index (κ1) is 10.9. The molecule has 2 fully saturated rings. The molecule has 0 unspecified atom stereocenters. The molecule has 1 saturated heterocycles. The third kappa shape index (κ3) is 1.90. The molecule has 1 aromatic carbocycles. The van der Waals surface area contributed by atoms with Crippen molar-refractivity contribution < 1.29 is 0 Å². The highest BCUT2D eigenvalue weighted by molar-refractivity contribution is 5.62. The average molecular weight is 230 g/mol. The van der Waals surface area contributed by atoms with Gasteiger partial charge in [0.05, 0.1) is 0 Å². The minimum absolute atomic E-state index is 0.758. The van der Waals surface area contributed by atoms with Crippen molar-refractivity contribution in [2.75, 3.05) is 23.7 Å². The van der Waals surface area contributed by atoms with Crippen LogP contribution >= 0.6 is 0 Å². The quantitative estimate of drug-likeness (QED) is 0.750. The number of piperidine rings is 1. The van der Waals surface area contributed by atoms with Gasteiger partial charge in [-0.05, 0) is 68.2 Å². The zero-order chi connectivity index (χ0) is 12.0. The number of anilines is 2. The van der Waals surface area contributed by atoms with Crippen LogP contribution in [0.25, 0.3) is 0 Å². The number of nitrogens with two attached hydrogens (primary N) is 1. The maximum Gasteiger partial charge on any atom is 0.0374 e. The van der Waals surface area contributed by atoms with Gasteiger partial charge in [-0.1, -0.05) is 0 Å². The van der Waals surface area contributed by atoms with Gasteiger partial charge in [-0.3, -0.25) is 0 Å². The Morgan fingerprint density at radius 3 is 2.00 bits per heavy atom. The lowest BCUT2D eigenvalue weighted by Gasteiger charge is -2.34. The number of benzene rings is 1. The Labute approximate surface area is 104 Å². The molecule has 0 aromatic heterocycles. The highest BCUT2D eigenvalue weighted by atomic mass is 15.1. The van der Waals surface area contributed by atoms with Gasteiger partial charge in [0.15, 0.2) is 0 Å². The highest BCUT2D eigenvalue weighted by Gasteiger charge is 2.44. The number of nitrogen functional groups attached to an aromatic ring is 1. The van der Waals surface area contributed by atoms with Crippen LogP contribution in [0.1, 0.15) is 36.8 Å². The average Bonchev–Trinajstić information content (AvgIpc) is 3.06. The molecule has 0 bridgehead atoms. The Bertz CT molecular complexity index is 413. The van der Waals surface area contributed by atoms with Gasteiger partial charge in [-0.2, -0.15) is 0 Å². The SMILES string of the molecule is Cc1cc(N2CCC3(CC2)CC3)cc(C)c1N. The second-order valence-electron chi connectivity index (χ2n) is 5.98. The van der Waals surface area contributed by atoms with Gasteiger partial charge in [0.25, 0.3) is 0 Å². The highest BCUT2D eigenvalue weighted by Crippen LogP contribution is 2.53. The molecule has 0 atom stereocenters. The second kappa shape index (κ2) is 3.66. The van der Waals surface area contributed by atoms with Gasteiger partial charge in [-0.15, -0.1) is 0 Å². The summed E-state index contributed by atoms with van der Waals surface area (Å²) in [5.41, 5.74) is 11.5. The summed E-state index contributed by atoms with van der Waals surface area (Å²) in [6.07, 6.45) is 5.71. The summed E-state index contributed by atoms with van der Waals surface area (Å²) in [6.45, 7) is 6.67. The summed E-state index contributed by atoms with van der Waals surface area (Å²) in [6, 6.07) is 4.49. The van der Waals surface area contributed by atoms with Crippen molar-refractivity contribution >= 4 is 11.4 Å². The van der Waals surface area contributed by atoms with E-state index in [2.05, 4.69) is 30.9 Å². The molecule has 3 rings (SSSR count). The Kier molecular flexibility index (Phi) is 2.35. The molecule has 1 aromatic rings. The van der Waals surface area contributed by atoms with E-state index >= 15 is 0 Å². The number of nitrogens with zero attached hydrogens (tertiary/aromatic N) is 1. The van der Waals surface area contributed by atoms with Gasteiger partial charge >= 0.3 is 0 Å². The summed E-state index contributed by atoms with van der Waals surface area (Å²) in [7, 11) is 0. The van der Waals surface area contributed by atoms with Gasteiger partial charge in [0, 0.05) is 24.5 Å². The molecule has 2 heteroatoms. The molecule has 1 saturated carbocycles.